The summed E-state index contributed by atoms with van der Waals surface area (Å²) in [5.74, 6) is -1.23. The second-order valence-electron chi connectivity index (χ2n) is 7.12. The number of hydrogen-bond acceptors (Lipinski definition) is 5. The van der Waals surface area contributed by atoms with Gasteiger partial charge in [-0.05, 0) is 36.6 Å². The largest absolute Gasteiger partial charge is 0.467 e. The number of hydrogen-bond donors (Lipinski definition) is 2. The number of aryl methyl sites for hydroxylation is 2. The molecule has 3 rings (SSSR count). The third kappa shape index (κ3) is 4.93. The highest BCUT2D eigenvalue weighted by Crippen LogP contribution is 2.25. The quantitative estimate of drug-likeness (QED) is 0.587. The molecule has 7 nitrogen and oxygen atoms in total. The molecular formula is C23H25N3O4. The van der Waals surface area contributed by atoms with Crippen molar-refractivity contribution in [3.63, 3.8) is 0 Å². The molecule has 0 unspecified atom stereocenters. The lowest BCUT2D eigenvalue weighted by molar-refractivity contribution is -0.149. The van der Waals surface area contributed by atoms with Crippen molar-refractivity contribution >= 4 is 11.9 Å². The number of carbonyl (C=O) groups excluding carboxylic acids is 2. The van der Waals surface area contributed by atoms with E-state index in [0.29, 0.717) is 17.8 Å². The molecule has 2 aromatic carbocycles. The number of amides is 1. The minimum absolute atomic E-state index is 0.248. The van der Waals surface area contributed by atoms with Crippen LogP contribution in [0.15, 0.2) is 54.7 Å². The highest BCUT2D eigenvalue weighted by molar-refractivity contribution is 6.00. The van der Waals surface area contributed by atoms with E-state index in [1.807, 2.05) is 62.4 Å². The molecule has 7 heteroatoms. The average Bonchev–Trinajstić information content (AvgIpc) is 3.17. The molecule has 0 fully saturated rings. The zero-order chi connectivity index (χ0) is 21.7. The maximum Gasteiger partial charge on any atom is 0.336 e. The van der Waals surface area contributed by atoms with Gasteiger partial charge in [-0.3, -0.25) is 9.48 Å². The predicted octanol–water partition coefficient (Wildman–Crippen LogP) is 2.48. The molecule has 0 bridgehead atoms. The van der Waals surface area contributed by atoms with Crippen molar-refractivity contribution in [2.45, 2.75) is 26.5 Å². The second-order valence-corrected chi connectivity index (χ2v) is 7.12. The Bertz CT molecular complexity index is 1040. The van der Waals surface area contributed by atoms with Gasteiger partial charge in [0, 0.05) is 11.8 Å². The molecule has 30 heavy (non-hydrogen) atoms. The van der Waals surface area contributed by atoms with Crippen LogP contribution in [0.1, 0.15) is 27.0 Å². The monoisotopic (exact) mass is 407 g/mol. The number of aromatic nitrogens is 2. The fraction of sp³-hybridized carbons (Fsp3) is 0.261. The van der Waals surface area contributed by atoms with Gasteiger partial charge < -0.3 is 15.2 Å². The van der Waals surface area contributed by atoms with E-state index in [1.165, 1.54) is 7.11 Å². The Morgan fingerprint density at radius 1 is 1.13 bits per heavy atom. The summed E-state index contributed by atoms with van der Waals surface area (Å²) in [6.45, 7) is 4.29. The Morgan fingerprint density at radius 2 is 1.87 bits per heavy atom. The number of rotatable bonds is 7. The predicted molar refractivity (Wildman–Crippen MR) is 113 cm³/mol. The first-order valence-electron chi connectivity index (χ1n) is 9.62. The summed E-state index contributed by atoms with van der Waals surface area (Å²) >= 11 is 0. The molecule has 1 heterocycles. The summed E-state index contributed by atoms with van der Waals surface area (Å²) in [6.07, 6.45) is 0.251. The van der Waals surface area contributed by atoms with Crippen LogP contribution >= 0.6 is 0 Å². The first-order chi connectivity index (χ1) is 14.4. The van der Waals surface area contributed by atoms with Crippen LogP contribution in [0.5, 0.6) is 0 Å². The number of aliphatic hydroxyl groups is 1. The summed E-state index contributed by atoms with van der Waals surface area (Å²) in [5.41, 5.74) is 5.03. The summed E-state index contributed by atoms with van der Waals surface area (Å²) in [4.78, 5) is 24.2. The first kappa shape index (κ1) is 21.3. The van der Waals surface area contributed by atoms with Crippen LogP contribution in [0.2, 0.25) is 0 Å². The number of ether oxygens (including phenoxy) is 1. The number of benzene rings is 2. The molecule has 0 aliphatic carbocycles. The maximum atomic E-state index is 12.8. The van der Waals surface area contributed by atoms with E-state index in [0.717, 1.165) is 22.3 Å². The Kier molecular flexibility index (Phi) is 6.64. The lowest BCUT2D eigenvalue weighted by Gasteiger charge is -2.10. The molecule has 0 saturated carbocycles. The van der Waals surface area contributed by atoms with E-state index in [2.05, 4.69) is 15.2 Å². The van der Waals surface area contributed by atoms with E-state index < -0.39 is 18.0 Å². The van der Waals surface area contributed by atoms with E-state index >= 15 is 0 Å². The van der Waals surface area contributed by atoms with Crippen LogP contribution < -0.4 is 5.32 Å². The number of nitrogens with zero attached hydrogens (tertiary/aromatic N) is 2. The highest BCUT2D eigenvalue weighted by atomic mass is 16.5. The lowest BCUT2D eigenvalue weighted by atomic mass is 10.0. The summed E-state index contributed by atoms with van der Waals surface area (Å²) in [7, 11) is 1.18. The van der Waals surface area contributed by atoms with Crippen LogP contribution in [-0.4, -0.2) is 46.5 Å². The Morgan fingerprint density at radius 3 is 2.53 bits per heavy atom. The van der Waals surface area contributed by atoms with Gasteiger partial charge in [-0.15, -0.1) is 0 Å². The highest BCUT2D eigenvalue weighted by Gasteiger charge is 2.21. The topological polar surface area (TPSA) is 93.5 Å². The fourth-order valence-corrected chi connectivity index (χ4v) is 3.04. The Balaban J connectivity index is 1.91. The zero-order valence-corrected chi connectivity index (χ0v) is 17.3. The molecule has 1 atom stereocenters. The van der Waals surface area contributed by atoms with Gasteiger partial charge in [-0.1, -0.05) is 42.5 Å². The molecule has 0 radical (unpaired) electrons. The van der Waals surface area contributed by atoms with Crippen LogP contribution in [0.4, 0.5) is 0 Å². The third-order valence-corrected chi connectivity index (χ3v) is 4.90. The van der Waals surface area contributed by atoms with Crippen molar-refractivity contribution in [2.75, 3.05) is 13.7 Å². The van der Waals surface area contributed by atoms with Crippen LogP contribution in [0, 0.1) is 13.8 Å². The number of carbonyl (C=O) groups is 2. The van der Waals surface area contributed by atoms with Crippen LogP contribution in [-0.2, 0) is 16.1 Å². The van der Waals surface area contributed by atoms with Crippen molar-refractivity contribution in [1.29, 1.82) is 0 Å². The van der Waals surface area contributed by atoms with Gasteiger partial charge in [-0.25, -0.2) is 4.79 Å². The lowest BCUT2D eigenvalue weighted by Crippen LogP contribution is -2.37. The molecule has 0 aliphatic rings. The molecular weight excluding hydrogens is 382 g/mol. The molecule has 0 spiro atoms. The van der Waals surface area contributed by atoms with Gasteiger partial charge in [0.2, 0.25) is 0 Å². The molecule has 2 N–H and O–H groups in total. The molecule has 3 aromatic rings. The number of nitrogens with one attached hydrogen (secondary N) is 1. The van der Waals surface area contributed by atoms with Gasteiger partial charge in [-0.2, -0.15) is 5.10 Å². The van der Waals surface area contributed by atoms with Gasteiger partial charge >= 0.3 is 5.97 Å². The maximum absolute atomic E-state index is 12.8. The van der Waals surface area contributed by atoms with Crippen molar-refractivity contribution < 1.29 is 19.4 Å². The second kappa shape index (κ2) is 9.37. The van der Waals surface area contributed by atoms with Crippen molar-refractivity contribution in [1.82, 2.24) is 15.1 Å². The minimum Gasteiger partial charge on any atom is -0.467 e. The SMILES string of the molecule is COC(=O)[C@@H](O)CNC(=O)c1cn(Cc2ccccc2)nc1-c1ccc(C)c(C)c1. The summed E-state index contributed by atoms with van der Waals surface area (Å²) in [5, 5.41) is 17.0. The molecule has 0 saturated heterocycles. The van der Waals surface area contributed by atoms with E-state index in [9.17, 15) is 14.7 Å². The number of aliphatic hydroxyl groups excluding tert-OH is 1. The molecule has 156 valence electrons. The van der Waals surface area contributed by atoms with Gasteiger partial charge in [0.05, 0.1) is 25.8 Å². The summed E-state index contributed by atoms with van der Waals surface area (Å²) in [6, 6.07) is 15.7. The number of esters is 1. The third-order valence-electron chi connectivity index (χ3n) is 4.90. The average molecular weight is 407 g/mol. The smallest absolute Gasteiger partial charge is 0.336 e. The normalized spacial score (nSPS) is 11.7. The van der Waals surface area contributed by atoms with Gasteiger partial charge in [0.25, 0.3) is 5.91 Å². The van der Waals surface area contributed by atoms with Crippen molar-refractivity contribution in [3.8, 4) is 11.3 Å². The van der Waals surface area contributed by atoms with Crippen LogP contribution in [0.3, 0.4) is 0 Å². The zero-order valence-electron chi connectivity index (χ0n) is 17.3. The Hall–Kier alpha value is -3.45. The van der Waals surface area contributed by atoms with Gasteiger partial charge in [0.1, 0.15) is 5.69 Å². The number of methoxy groups -OCH3 is 1. The van der Waals surface area contributed by atoms with E-state index in [4.69, 9.17) is 0 Å². The Labute approximate surface area is 175 Å². The first-order valence-corrected chi connectivity index (χ1v) is 9.62. The molecule has 0 aliphatic heterocycles. The minimum atomic E-state index is -1.43. The van der Waals surface area contributed by atoms with Crippen molar-refractivity contribution in [2.24, 2.45) is 0 Å². The van der Waals surface area contributed by atoms with Gasteiger partial charge in [0.15, 0.2) is 6.10 Å². The molecule has 1 aromatic heterocycles. The van der Waals surface area contributed by atoms with Crippen molar-refractivity contribution in [3.05, 3.63) is 77.0 Å². The fourth-order valence-electron chi connectivity index (χ4n) is 3.04. The summed E-state index contributed by atoms with van der Waals surface area (Å²) < 4.78 is 6.20. The van der Waals surface area contributed by atoms with Crippen LogP contribution in [0.25, 0.3) is 11.3 Å². The molecule has 1 amide bonds. The van der Waals surface area contributed by atoms with E-state index in [-0.39, 0.29) is 6.54 Å². The van der Waals surface area contributed by atoms with E-state index in [1.54, 1.807) is 10.9 Å². The standard InChI is InChI=1S/C23H25N3O4/c1-15-9-10-18(11-16(15)2)21-19(22(28)24-12-20(27)23(29)30-3)14-26(25-21)13-17-7-5-4-6-8-17/h4-11,14,20,27H,12-13H2,1-3H3,(H,24,28)/t20-/m0/s1.